The molecule has 0 radical (unpaired) electrons. The van der Waals surface area contributed by atoms with Gasteiger partial charge in [-0.1, -0.05) is 0 Å². The number of carbonyl (C=O) groups excluding carboxylic acids is 2. The van der Waals surface area contributed by atoms with Gasteiger partial charge in [-0.05, 0) is 0 Å². The number of cyclic esters (lactones) is 1. The van der Waals surface area contributed by atoms with Crippen LogP contribution in [0.5, 0.6) is 0 Å². The Morgan fingerprint density at radius 2 is 1.89 bits per heavy atom. The number of hydrogen-bond acceptors (Lipinski definition) is 6. The number of β-amino-alcohol motifs (C(OH)–C–C–N with tert-alkyl or cyclic N) is 1. The normalized spacial score (nSPS) is 20.4. The number of hydrogen-bond donors (Lipinski definition) is 2. The summed E-state index contributed by atoms with van der Waals surface area (Å²) in [6.45, 7) is 4.25. The van der Waals surface area contributed by atoms with Crippen LogP contribution in [0, 0.1) is 11.6 Å². The van der Waals surface area contributed by atoms with Gasteiger partial charge in [-0.25, -0.2) is 13.6 Å². The molecule has 2 amide bonds. The minimum Gasteiger partial charge on any atom is -0.442 e. The lowest BCUT2D eigenvalue weighted by Crippen LogP contribution is -2.47. The molecule has 28 heavy (non-hydrogen) atoms. The van der Waals surface area contributed by atoms with Gasteiger partial charge in [-0.3, -0.25) is 14.6 Å². The summed E-state index contributed by atoms with van der Waals surface area (Å²) >= 11 is 0. The number of rotatable bonds is 6. The van der Waals surface area contributed by atoms with E-state index in [-0.39, 0.29) is 37.0 Å². The summed E-state index contributed by atoms with van der Waals surface area (Å²) in [6, 6.07) is 2.25. The Labute approximate surface area is 161 Å². The van der Waals surface area contributed by atoms with Gasteiger partial charge in [0.2, 0.25) is 5.91 Å². The third-order valence-electron chi connectivity index (χ3n) is 4.87. The summed E-state index contributed by atoms with van der Waals surface area (Å²) in [5.74, 6) is -1.75. The predicted octanol–water partition coefficient (Wildman–Crippen LogP) is 0.540. The largest absolute Gasteiger partial charge is 0.442 e. The number of aliphatic hydroxyl groups excluding tert-OH is 1. The molecule has 2 saturated heterocycles. The molecule has 154 valence electrons. The molecule has 0 saturated carbocycles. The van der Waals surface area contributed by atoms with Gasteiger partial charge in [-0.2, -0.15) is 0 Å². The molecule has 0 aromatic heterocycles. The van der Waals surface area contributed by atoms with E-state index < -0.39 is 23.8 Å². The van der Waals surface area contributed by atoms with Crippen molar-refractivity contribution in [2.75, 3.05) is 62.2 Å². The maximum absolute atomic E-state index is 14.7. The molecule has 2 aliphatic rings. The van der Waals surface area contributed by atoms with E-state index in [2.05, 4.69) is 5.32 Å². The summed E-state index contributed by atoms with van der Waals surface area (Å²) in [6.07, 6.45) is -1.29. The molecule has 2 fully saturated rings. The predicted molar refractivity (Wildman–Crippen MR) is 98.4 cm³/mol. The van der Waals surface area contributed by atoms with Crippen LogP contribution in [-0.2, 0) is 9.53 Å². The summed E-state index contributed by atoms with van der Waals surface area (Å²) in [5, 5.41) is 11.5. The Balaban J connectivity index is 1.70. The van der Waals surface area contributed by atoms with Gasteiger partial charge in [0.25, 0.3) is 0 Å². The number of halogens is 2. The molecule has 0 aliphatic carbocycles. The van der Waals surface area contributed by atoms with E-state index in [4.69, 9.17) is 9.84 Å². The van der Waals surface area contributed by atoms with Gasteiger partial charge in [0.1, 0.15) is 11.8 Å². The van der Waals surface area contributed by atoms with E-state index in [1.165, 1.54) is 6.92 Å². The van der Waals surface area contributed by atoms with Crippen molar-refractivity contribution in [2.24, 2.45) is 0 Å². The second-order valence-electron chi connectivity index (χ2n) is 6.86. The Bertz CT molecular complexity index is 717. The number of amides is 2. The SMILES string of the molecule is CC(=O)NC[C@H]1CN(c2cc(F)c(N3CCN(CCO)CC3)c(F)c2)C(=O)O1. The summed E-state index contributed by atoms with van der Waals surface area (Å²) < 4.78 is 34.5. The molecule has 8 nitrogen and oxygen atoms in total. The minimum absolute atomic E-state index is 0.0479. The van der Waals surface area contributed by atoms with Crippen LogP contribution in [-0.4, -0.2) is 80.5 Å². The highest BCUT2D eigenvalue weighted by molar-refractivity contribution is 5.90. The first kappa shape index (κ1) is 20.3. The maximum Gasteiger partial charge on any atom is 0.414 e. The Morgan fingerprint density at radius 1 is 1.25 bits per heavy atom. The summed E-state index contributed by atoms with van der Waals surface area (Å²) in [4.78, 5) is 27.8. The van der Waals surface area contributed by atoms with Crippen LogP contribution in [0.2, 0.25) is 0 Å². The van der Waals surface area contributed by atoms with Crippen molar-refractivity contribution in [2.45, 2.75) is 13.0 Å². The zero-order valence-corrected chi connectivity index (χ0v) is 15.7. The zero-order chi connectivity index (χ0) is 20.3. The highest BCUT2D eigenvalue weighted by atomic mass is 19.1. The Hall–Kier alpha value is -2.46. The van der Waals surface area contributed by atoms with Crippen molar-refractivity contribution < 1.29 is 28.2 Å². The first-order valence-corrected chi connectivity index (χ1v) is 9.19. The molecule has 0 bridgehead atoms. The lowest BCUT2D eigenvalue weighted by atomic mass is 10.2. The van der Waals surface area contributed by atoms with Crippen LogP contribution >= 0.6 is 0 Å². The first-order chi connectivity index (χ1) is 13.4. The van der Waals surface area contributed by atoms with E-state index in [0.717, 1.165) is 17.0 Å². The molecule has 2 N–H and O–H groups in total. The standard InChI is InChI=1S/C18H24F2N4O4/c1-12(26)21-10-14-11-24(18(27)28-14)13-8-15(19)17(16(20)9-13)23-4-2-22(3-5-23)6-7-25/h8-9,14,25H,2-7,10-11H2,1H3,(H,21,26)/t14-/m0/s1. The third kappa shape index (κ3) is 4.50. The number of ether oxygens (including phenoxy) is 1. The molecule has 0 spiro atoms. The van der Waals surface area contributed by atoms with Crippen molar-refractivity contribution >= 4 is 23.4 Å². The van der Waals surface area contributed by atoms with Gasteiger partial charge < -0.3 is 20.1 Å². The van der Waals surface area contributed by atoms with Crippen LogP contribution in [0.15, 0.2) is 12.1 Å². The van der Waals surface area contributed by atoms with Gasteiger partial charge in [0, 0.05) is 51.8 Å². The van der Waals surface area contributed by atoms with Crippen LogP contribution < -0.4 is 15.1 Å². The smallest absolute Gasteiger partial charge is 0.414 e. The highest BCUT2D eigenvalue weighted by Crippen LogP contribution is 2.31. The van der Waals surface area contributed by atoms with Crippen molar-refractivity contribution in [3.05, 3.63) is 23.8 Å². The number of piperazine rings is 1. The molecule has 10 heteroatoms. The topological polar surface area (TPSA) is 85.4 Å². The van der Waals surface area contributed by atoms with E-state index in [1.54, 1.807) is 4.90 Å². The fraction of sp³-hybridized carbons (Fsp3) is 0.556. The Morgan fingerprint density at radius 3 is 2.46 bits per heavy atom. The average Bonchev–Trinajstić information content (AvgIpc) is 3.02. The molecule has 0 unspecified atom stereocenters. The first-order valence-electron chi connectivity index (χ1n) is 9.19. The summed E-state index contributed by atoms with van der Waals surface area (Å²) in [5.41, 5.74) is -0.0391. The number of aliphatic hydroxyl groups is 1. The molecule has 3 rings (SSSR count). The minimum atomic E-state index is -0.747. The lowest BCUT2D eigenvalue weighted by molar-refractivity contribution is -0.119. The van der Waals surface area contributed by atoms with Crippen molar-refractivity contribution in [3.63, 3.8) is 0 Å². The zero-order valence-electron chi connectivity index (χ0n) is 15.7. The van der Waals surface area contributed by atoms with Crippen LogP contribution in [0.1, 0.15) is 6.92 Å². The molecular formula is C18H24F2N4O4. The molecule has 2 aliphatic heterocycles. The molecule has 1 aromatic carbocycles. The van der Waals surface area contributed by atoms with Crippen LogP contribution in [0.4, 0.5) is 25.0 Å². The fourth-order valence-corrected chi connectivity index (χ4v) is 3.44. The quantitative estimate of drug-likeness (QED) is 0.728. The highest BCUT2D eigenvalue weighted by Gasteiger charge is 2.34. The van der Waals surface area contributed by atoms with Gasteiger partial charge in [0.15, 0.2) is 11.6 Å². The maximum atomic E-state index is 14.7. The number of nitrogens with one attached hydrogen (secondary N) is 1. The van der Waals surface area contributed by atoms with E-state index in [9.17, 15) is 18.4 Å². The third-order valence-corrected chi connectivity index (χ3v) is 4.87. The molecular weight excluding hydrogens is 374 g/mol. The molecule has 2 heterocycles. The average molecular weight is 398 g/mol. The van der Waals surface area contributed by atoms with Gasteiger partial charge in [-0.15, -0.1) is 0 Å². The van der Waals surface area contributed by atoms with E-state index >= 15 is 0 Å². The van der Waals surface area contributed by atoms with Crippen LogP contribution in [0.3, 0.4) is 0 Å². The molecule has 1 aromatic rings. The second kappa shape index (κ2) is 8.70. The Kier molecular flexibility index (Phi) is 6.30. The van der Waals surface area contributed by atoms with Gasteiger partial charge in [0.05, 0.1) is 25.4 Å². The fourth-order valence-electron chi connectivity index (χ4n) is 3.44. The van der Waals surface area contributed by atoms with E-state index in [0.29, 0.717) is 32.7 Å². The molecule has 1 atom stereocenters. The number of anilines is 2. The number of nitrogens with zero attached hydrogens (tertiary/aromatic N) is 3. The van der Waals surface area contributed by atoms with Gasteiger partial charge >= 0.3 is 6.09 Å². The van der Waals surface area contributed by atoms with Crippen molar-refractivity contribution in [1.29, 1.82) is 0 Å². The number of carbonyl (C=O) groups is 2. The van der Waals surface area contributed by atoms with Crippen molar-refractivity contribution in [3.8, 4) is 0 Å². The van der Waals surface area contributed by atoms with Crippen molar-refractivity contribution in [1.82, 2.24) is 10.2 Å². The summed E-state index contributed by atoms with van der Waals surface area (Å²) in [7, 11) is 0. The number of benzene rings is 1. The van der Waals surface area contributed by atoms with E-state index in [1.807, 2.05) is 4.90 Å². The second-order valence-corrected chi connectivity index (χ2v) is 6.86. The lowest BCUT2D eigenvalue weighted by Gasteiger charge is -2.36. The van der Waals surface area contributed by atoms with Crippen LogP contribution in [0.25, 0.3) is 0 Å². The monoisotopic (exact) mass is 398 g/mol.